The highest BCUT2D eigenvalue weighted by atomic mass is 32.2. The average Bonchev–Trinajstić information content (AvgIpc) is 2.42. The van der Waals surface area contributed by atoms with Crippen LogP contribution < -0.4 is 9.46 Å². The van der Waals surface area contributed by atoms with Crippen LogP contribution in [0.5, 0.6) is 5.75 Å². The van der Waals surface area contributed by atoms with Crippen molar-refractivity contribution in [2.75, 3.05) is 27.4 Å². The number of rotatable bonds is 8. The Morgan fingerprint density at radius 3 is 2.55 bits per heavy atom. The maximum absolute atomic E-state index is 12.2. The van der Waals surface area contributed by atoms with Crippen molar-refractivity contribution >= 4 is 15.8 Å². The second kappa shape index (κ2) is 7.37. The molecule has 0 heterocycles. The van der Waals surface area contributed by atoms with Crippen LogP contribution in [0.3, 0.4) is 0 Å². The third-order valence-electron chi connectivity index (χ3n) is 2.68. The van der Waals surface area contributed by atoms with Crippen LogP contribution in [0.1, 0.15) is 23.7 Å². The molecule has 1 N–H and O–H groups in total. The number of methoxy groups -OCH3 is 2. The SMILES string of the molecule is COCCCNS(=O)(=O)c1cc(C(C)=O)ccc1OC. The van der Waals surface area contributed by atoms with Gasteiger partial charge in [-0.15, -0.1) is 0 Å². The van der Waals surface area contributed by atoms with E-state index in [1.54, 1.807) is 7.11 Å². The molecule has 0 amide bonds. The lowest BCUT2D eigenvalue weighted by Gasteiger charge is -2.11. The number of hydrogen-bond acceptors (Lipinski definition) is 5. The lowest BCUT2D eigenvalue weighted by atomic mass is 10.1. The van der Waals surface area contributed by atoms with Crippen molar-refractivity contribution in [2.24, 2.45) is 0 Å². The van der Waals surface area contributed by atoms with Gasteiger partial charge < -0.3 is 9.47 Å². The van der Waals surface area contributed by atoms with Crippen LogP contribution in [0.4, 0.5) is 0 Å². The molecule has 0 saturated heterocycles. The summed E-state index contributed by atoms with van der Waals surface area (Å²) in [6.45, 7) is 2.10. The first-order valence-corrected chi connectivity index (χ1v) is 7.58. The Hall–Kier alpha value is -1.44. The highest BCUT2D eigenvalue weighted by Crippen LogP contribution is 2.24. The van der Waals surface area contributed by atoms with Crippen LogP contribution in [0.15, 0.2) is 23.1 Å². The highest BCUT2D eigenvalue weighted by molar-refractivity contribution is 7.89. The molecule has 20 heavy (non-hydrogen) atoms. The summed E-state index contributed by atoms with van der Waals surface area (Å²) in [6.07, 6.45) is 0.560. The molecule has 112 valence electrons. The lowest BCUT2D eigenvalue weighted by Crippen LogP contribution is -2.26. The lowest BCUT2D eigenvalue weighted by molar-refractivity contribution is 0.101. The minimum Gasteiger partial charge on any atom is -0.495 e. The molecular weight excluding hydrogens is 282 g/mol. The monoisotopic (exact) mass is 301 g/mol. The van der Waals surface area contributed by atoms with Gasteiger partial charge in [0.25, 0.3) is 0 Å². The van der Waals surface area contributed by atoms with Crippen molar-refractivity contribution in [3.05, 3.63) is 23.8 Å². The van der Waals surface area contributed by atoms with Gasteiger partial charge in [-0.1, -0.05) is 0 Å². The zero-order valence-corrected chi connectivity index (χ0v) is 12.6. The van der Waals surface area contributed by atoms with Crippen LogP contribution in [-0.2, 0) is 14.8 Å². The molecule has 0 aromatic heterocycles. The van der Waals surface area contributed by atoms with E-state index in [2.05, 4.69) is 4.72 Å². The summed E-state index contributed by atoms with van der Waals surface area (Å²) in [5.74, 6) is -0.00210. The largest absolute Gasteiger partial charge is 0.495 e. The van der Waals surface area contributed by atoms with E-state index in [4.69, 9.17) is 9.47 Å². The van der Waals surface area contributed by atoms with Gasteiger partial charge in [-0.2, -0.15) is 0 Å². The number of sulfonamides is 1. The van der Waals surface area contributed by atoms with E-state index < -0.39 is 10.0 Å². The quantitative estimate of drug-likeness (QED) is 0.576. The van der Waals surface area contributed by atoms with Gasteiger partial charge in [0.05, 0.1) is 7.11 Å². The number of Topliss-reactive ketones (excluding diaryl/α,β-unsaturated/α-hetero) is 1. The van der Waals surface area contributed by atoms with Crippen molar-refractivity contribution in [2.45, 2.75) is 18.2 Å². The molecule has 0 atom stereocenters. The first kappa shape index (κ1) is 16.6. The predicted molar refractivity (Wildman–Crippen MR) is 74.7 cm³/mol. The molecule has 6 nitrogen and oxygen atoms in total. The highest BCUT2D eigenvalue weighted by Gasteiger charge is 2.20. The normalized spacial score (nSPS) is 11.3. The molecule has 0 aliphatic heterocycles. The minimum atomic E-state index is -3.72. The van der Waals surface area contributed by atoms with Crippen molar-refractivity contribution in [3.8, 4) is 5.75 Å². The summed E-state index contributed by atoms with van der Waals surface area (Å²) in [7, 11) is -0.791. The smallest absolute Gasteiger partial charge is 0.244 e. The zero-order chi connectivity index (χ0) is 15.2. The Labute approximate surface area is 119 Å². The number of nitrogens with one attached hydrogen (secondary N) is 1. The summed E-state index contributed by atoms with van der Waals surface area (Å²) >= 11 is 0. The average molecular weight is 301 g/mol. The molecule has 0 aliphatic rings. The summed E-state index contributed by atoms with van der Waals surface area (Å²) in [6, 6.07) is 4.32. The number of ketones is 1. The van der Waals surface area contributed by atoms with Gasteiger partial charge in [-0.05, 0) is 31.5 Å². The number of benzene rings is 1. The summed E-state index contributed by atoms with van der Waals surface area (Å²) in [5, 5.41) is 0. The van der Waals surface area contributed by atoms with Gasteiger partial charge in [0.15, 0.2) is 5.78 Å². The molecule has 0 unspecified atom stereocenters. The van der Waals surface area contributed by atoms with Gasteiger partial charge in [-0.25, -0.2) is 13.1 Å². The summed E-state index contributed by atoms with van der Waals surface area (Å²) in [4.78, 5) is 11.3. The maximum atomic E-state index is 12.2. The second-order valence-corrected chi connectivity index (χ2v) is 5.90. The second-order valence-electron chi connectivity index (χ2n) is 4.17. The number of hydrogen-bond donors (Lipinski definition) is 1. The van der Waals surface area contributed by atoms with E-state index in [-0.39, 0.29) is 23.0 Å². The Bertz CT molecular complexity index is 568. The van der Waals surface area contributed by atoms with Crippen LogP contribution in [0.25, 0.3) is 0 Å². The molecule has 7 heteroatoms. The van der Waals surface area contributed by atoms with Crippen LogP contribution in [0.2, 0.25) is 0 Å². The van der Waals surface area contributed by atoms with Crippen molar-refractivity contribution in [1.29, 1.82) is 0 Å². The molecule has 0 bridgehead atoms. The molecule has 0 radical (unpaired) electrons. The third kappa shape index (κ3) is 4.29. The van der Waals surface area contributed by atoms with Crippen LogP contribution >= 0.6 is 0 Å². The van der Waals surface area contributed by atoms with Gasteiger partial charge in [-0.3, -0.25) is 4.79 Å². The first-order chi connectivity index (χ1) is 9.42. The van der Waals surface area contributed by atoms with E-state index in [1.807, 2.05) is 0 Å². The Kier molecular flexibility index (Phi) is 6.12. The Balaban J connectivity index is 3.02. The molecule has 1 rings (SSSR count). The fourth-order valence-electron chi connectivity index (χ4n) is 1.61. The van der Waals surface area contributed by atoms with E-state index in [1.165, 1.54) is 32.2 Å². The minimum absolute atomic E-state index is 0.0369. The zero-order valence-electron chi connectivity index (χ0n) is 11.8. The fourth-order valence-corrected chi connectivity index (χ4v) is 2.87. The molecule has 1 aromatic rings. The predicted octanol–water partition coefficient (Wildman–Crippen LogP) is 1.21. The number of carbonyl (C=O) groups is 1. The molecule has 0 saturated carbocycles. The first-order valence-electron chi connectivity index (χ1n) is 6.10. The van der Waals surface area contributed by atoms with Gasteiger partial charge in [0.2, 0.25) is 10.0 Å². The fraction of sp³-hybridized carbons (Fsp3) is 0.462. The Morgan fingerprint density at radius 2 is 2.00 bits per heavy atom. The molecular formula is C13H19NO5S. The van der Waals surface area contributed by atoms with Crippen molar-refractivity contribution in [3.63, 3.8) is 0 Å². The topological polar surface area (TPSA) is 81.7 Å². The number of ether oxygens (including phenoxy) is 2. The van der Waals surface area contributed by atoms with E-state index in [9.17, 15) is 13.2 Å². The molecule has 0 spiro atoms. The van der Waals surface area contributed by atoms with Gasteiger partial charge >= 0.3 is 0 Å². The summed E-state index contributed by atoms with van der Waals surface area (Å²) < 4.78 is 36.8. The van der Waals surface area contributed by atoms with E-state index in [0.717, 1.165) is 0 Å². The molecule has 1 aromatic carbocycles. The van der Waals surface area contributed by atoms with Gasteiger partial charge in [0.1, 0.15) is 10.6 Å². The molecule has 0 fully saturated rings. The summed E-state index contributed by atoms with van der Waals surface area (Å²) in [5.41, 5.74) is 0.322. The number of carbonyl (C=O) groups excluding carboxylic acids is 1. The van der Waals surface area contributed by atoms with Crippen molar-refractivity contribution in [1.82, 2.24) is 4.72 Å². The van der Waals surface area contributed by atoms with Gasteiger partial charge in [0, 0.05) is 25.8 Å². The van der Waals surface area contributed by atoms with E-state index >= 15 is 0 Å². The Morgan fingerprint density at radius 1 is 1.30 bits per heavy atom. The van der Waals surface area contributed by atoms with Crippen molar-refractivity contribution < 1.29 is 22.7 Å². The maximum Gasteiger partial charge on any atom is 0.244 e. The van der Waals surface area contributed by atoms with Crippen LogP contribution in [0, 0.1) is 0 Å². The molecule has 0 aliphatic carbocycles. The van der Waals surface area contributed by atoms with Crippen LogP contribution in [-0.4, -0.2) is 41.6 Å². The third-order valence-corrected chi connectivity index (χ3v) is 4.16. The van der Waals surface area contributed by atoms with E-state index in [0.29, 0.717) is 18.6 Å². The standard InChI is InChI=1S/C13H19NO5S/c1-10(15)11-5-6-12(19-3)13(9-11)20(16,17)14-7-4-8-18-2/h5-6,9,14H,4,7-8H2,1-3H3.